The van der Waals surface area contributed by atoms with Gasteiger partial charge in [0, 0.05) is 38.5 Å². The Labute approximate surface area is 250 Å². The molecule has 1 aromatic heterocycles. The summed E-state index contributed by atoms with van der Waals surface area (Å²) in [4.78, 5) is 18.3. The van der Waals surface area contributed by atoms with Gasteiger partial charge in [-0.1, -0.05) is 36.4 Å². The molecule has 13 heteroatoms. The number of nitrogen functional groups attached to an aromatic ring is 2. The van der Waals surface area contributed by atoms with Crippen LogP contribution in [0.15, 0.2) is 55.3 Å². The molecule has 8 nitrogen and oxygen atoms in total. The molecule has 0 atom stereocenters. The van der Waals surface area contributed by atoms with Gasteiger partial charge >= 0.3 is 5.97 Å². The van der Waals surface area contributed by atoms with E-state index < -0.39 is 5.97 Å². The van der Waals surface area contributed by atoms with Crippen LogP contribution in [-0.2, 0) is 4.79 Å². The van der Waals surface area contributed by atoms with E-state index in [2.05, 4.69) is 55.0 Å². The third-order valence-corrected chi connectivity index (χ3v) is 6.40. The minimum Gasteiger partial charge on any atom is -0.481 e. The van der Waals surface area contributed by atoms with E-state index in [9.17, 15) is 4.79 Å². The zero-order valence-corrected chi connectivity index (χ0v) is 24.1. The summed E-state index contributed by atoms with van der Waals surface area (Å²) in [6, 6.07) is 10.8. The Morgan fingerprint density at radius 3 is 1.93 bits per heavy atom. The molecule has 0 saturated carbocycles. The highest BCUT2D eigenvalue weighted by atomic mass is 35.5. The van der Waals surface area contributed by atoms with Crippen molar-refractivity contribution in [3.05, 3.63) is 71.2 Å². The van der Waals surface area contributed by atoms with Crippen LogP contribution in [0.1, 0.15) is 37.4 Å². The van der Waals surface area contributed by atoms with Gasteiger partial charge in [-0.15, -0.1) is 5.73 Å². The molecule has 5 rings (SSSR count). The summed E-state index contributed by atoms with van der Waals surface area (Å²) in [7, 11) is 10.0. The number of H-pyrrole nitrogens is 1. The molecule has 5 radical (unpaired) electrons. The van der Waals surface area contributed by atoms with Crippen molar-refractivity contribution < 1.29 is 9.90 Å². The van der Waals surface area contributed by atoms with Crippen molar-refractivity contribution in [2.45, 2.75) is 31.6 Å². The molecule has 3 aromatic rings. The number of anilines is 2. The number of nitrogens with one attached hydrogen (secondary N) is 3. The van der Waals surface area contributed by atoms with Crippen LogP contribution in [-0.4, -0.2) is 69.8 Å². The molecule has 0 unspecified atom stereocenters. The molecule has 2 saturated heterocycles. The number of piperidine rings is 2. The van der Waals surface area contributed by atoms with Gasteiger partial charge in [0.15, 0.2) is 0 Å². The Morgan fingerprint density at radius 2 is 1.45 bits per heavy atom. The summed E-state index contributed by atoms with van der Waals surface area (Å²) in [6.45, 7) is 10.1. The number of aromatic amines is 1. The number of rotatable bonds is 2. The number of aromatic nitrogens is 2. The van der Waals surface area contributed by atoms with Crippen molar-refractivity contribution in [1.29, 1.82) is 0 Å². The molecular weight excluding hydrogens is 544 g/mol. The van der Waals surface area contributed by atoms with Gasteiger partial charge in [-0.2, -0.15) is 0 Å². The van der Waals surface area contributed by atoms with Crippen molar-refractivity contribution in [3.8, 4) is 0 Å². The summed E-state index contributed by atoms with van der Waals surface area (Å²) in [5, 5.41) is 16.4. The number of halogens is 2. The molecule has 0 amide bonds. The smallest absolute Gasteiger partial charge is 0.306 e. The molecule has 40 heavy (non-hydrogen) atoms. The number of imidazole rings is 1. The van der Waals surface area contributed by atoms with Crippen LogP contribution in [0, 0.1) is 5.92 Å². The average Bonchev–Trinajstić information content (AvgIpc) is 3.37. The van der Waals surface area contributed by atoms with E-state index >= 15 is 0 Å². The molecule has 3 heterocycles. The molecule has 2 fully saturated rings. The van der Waals surface area contributed by atoms with E-state index in [0.29, 0.717) is 22.3 Å². The van der Waals surface area contributed by atoms with Crippen molar-refractivity contribution >= 4 is 74.1 Å². The highest BCUT2D eigenvalue weighted by molar-refractivity contribution is 7.17. The minimum absolute atomic E-state index is 0.0914. The monoisotopic (exact) mass is 579 g/mol. The van der Waals surface area contributed by atoms with E-state index in [0.717, 1.165) is 80.8 Å². The third kappa shape index (κ3) is 13.5. The summed E-state index contributed by atoms with van der Waals surface area (Å²) in [5.74, 6) is 0.939. The molecule has 2 aromatic carbocycles. The standard InChI is InChI=1S/C12H14ClN3.C6H7ClN2.C6H11NO2.C3H4.B3/c13-9-1-2-10-11(7-9)16-12(15-10)8-3-5-14-6-4-8;7-4-1-2-5(8)6(9)3-4;8-6(9)5-1-3-7-4-2-5;2*1-3-2/h1-2,7-8,14H,3-6H2,(H,15,16);1-3H,8-9H2;5,7H,1-4H2,(H,8,9);1-2H2;. The zero-order valence-electron chi connectivity index (χ0n) is 22.6. The van der Waals surface area contributed by atoms with Gasteiger partial charge in [-0.3, -0.25) is 4.79 Å². The second-order valence-corrected chi connectivity index (χ2v) is 9.76. The van der Waals surface area contributed by atoms with Crippen molar-refractivity contribution in [3.63, 3.8) is 0 Å². The quantitative estimate of drug-likeness (QED) is 0.153. The first kappa shape index (κ1) is 35.2. The molecule has 0 bridgehead atoms. The second-order valence-electron chi connectivity index (χ2n) is 8.89. The van der Waals surface area contributed by atoms with E-state index in [4.69, 9.17) is 39.8 Å². The Bertz CT molecular complexity index is 1200. The Balaban J connectivity index is 0.000000288. The number of fused-ring (bicyclic) bond motifs is 1. The van der Waals surface area contributed by atoms with E-state index in [-0.39, 0.29) is 5.92 Å². The number of carboxylic acids is 1. The Kier molecular flexibility index (Phi) is 17.7. The highest BCUT2D eigenvalue weighted by Crippen LogP contribution is 2.26. The first-order chi connectivity index (χ1) is 19.2. The van der Waals surface area contributed by atoms with Crippen molar-refractivity contribution in [1.82, 2.24) is 20.6 Å². The lowest BCUT2D eigenvalue weighted by atomic mass is 9.40. The SMILES string of the molecule is C=C=C.Clc1ccc2nc(C3CCNCC3)[nH]c2c1.Nc1ccc(Cl)cc1N.O=C(O)C1CCNCC1.[B][B][B]. The maximum atomic E-state index is 10.3. The maximum Gasteiger partial charge on any atom is 0.306 e. The normalized spacial score (nSPS) is 14.8. The summed E-state index contributed by atoms with van der Waals surface area (Å²) >= 11 is 11.5. The van der Waals surface area contributed by atoms with Crippen molar-refractivity contribution in [2.24, 2.45) is 5.92 Å². The molecule has 2 aliphatic heterocycles. The topological polar surface area (TPSA) is 142 Å². The lowest BCUT2D eigenvalue weighted by Gasteiger charge is -2.20. The first-order valence-electron chi connectivity index (χ1n) is 12.8. The molecule has 2 aliphatic rings. The number of carboxylic acid groups (broad SMARTS) is 1. The van der Waals surface area contributed by atoms with Crippen LogP contribution in [0.4, 0.5) is 11.4 Å². The van der Waals surface area contributed by atoms with E-state index in [1.165, 1.54) is 0 Å². The number of aliphatic carboxylic acids is 1. The number of benzene rings is 2. The average molecular weight is 580 g/mol. The summed E-state index contributed by atoms with van der Waals surface area (Å²) < 4.78 is 0. The molecule has 209 valence electrons. The van der Waals surface area contributed by atoms with Gasteiger partial charge in [0.25, 0.3) is 0 Å². The highest BCUT2D eigenvalue weighted by Gasteiger charge is 2.19. The van der Waals surface area contributed by atoms with Crippen LogP contribution in [0.25, 0.3) is 11.0 Å². The number of hydrogen-bond donors (Lipinski definition) is 6. The molecule has 0 aliphatic carbocycles. The van der Waals surface area contributed by atoms with Crippen LogP contribution < -0.4 is 22.1 Å². The summed E-state index contributed by atoms with van der Waals surface area (Å²) in [6.07, 6.45) is 3.89. The van der Waals surface area contributed by atoms with Crippen LogP contribution >= 0.6 is 23.2 Å². The Hall–Kier alpha value is -2.81. The lowest BCUT2D eigenvalue weighted by Crippen LogP contribution is -2.31. The predicted octanol–water partition coefficient (Wildman–Crippen LogP) is 4.07. The van der Waals surface area contributed by atoms with E-state index in [1.54, 1.807) is 18.2 Å². The van der Waals surface area contributed by atoms with E-state index in [1.807, 2.05) is 18.2 Å². The van der Waals surface area contributed by atoms with Crippen LogP contribution in [0.3, 0.4) is 0 Å². The van der Waals surface area contributed by atoms with Gasteiger partial charge in [0.2, 0.25) is 0 Å². The van der Waals surface area contributed by atoms with Gasteiger partial charge in [0.1, 0.15) is 5.82 Å². The number of nitrogens with two attached hydrogens (primary N) is 2. The number of nitrogens with zero attached hydrogens (tertiary/aromatic N) is 1. The lowest BCUT2D eigenvalue weighted by molar-refractivity contribution is -0.142. The van der Waals surface area contributed by atoms with Crippen LogP contribution in [0.2, 0.25) is 10.0 Å². The Morgan fingerprint density at radius 1 is 0.950 bits per heavy atom. The van der Waals surface area contributed by atoms with Crippen molar-refractivity contribution in [2.75, 3.05) is 37.6 Å². The fourth-order valence-electron chi connectivity index (χ4n) is 3.90. The molecule has 8 N–H and O–H groups in total. The second kappa shape index (κ2) is 20.1. The van der Waals surface area contributed by atoms with Gasteiger partial charge in [-0.25, -0.2) is 4.98 Å². The number of hydrogen-bond acceptors (Lipinski definition) is 6. The van der Waals surface area contributed by atoms with Gasteiger partial charge < -0.3 is 32.2 Å². The molecular formula is C27H36B3Cl2N6O2. The fourth-order valence-corrected chi connectivity index (χ4v) is 4.26. The van der Waals surface area contributed by atoms with Gasteiger partial charge in [0.05, 0.1) is 28.3 Å². The number of carbonyl (C=O) groups is 1. The zero-order chi connectivity index (χ0) is 29.9. The maximum absolute atomic E-state index is 10.3. The fraction of sp³-hybridized carbons (Fsp3) is 0.370. The predicted molar refractivity (Wildman–Crippen MR) is 171 cm³/mol. The minimum atomic E-state index is -0.642. The molecule has 0 spiro atoms. The van der Waals surface area contributed by atoms with Crippen LogP contribution in [0.5, 0.6) is 0 Å². The third-order valence-electron chi connectivity index (χ3n) is 5.93. The summed E-state index contributed by atoms with van der Waals surface area (Å²) in [5.41, 5.74) is 16.2. The first-order valence-corrected chi connectivity index (χ1v) is 13.6. The van der Waals surface area contributed by atoms with Gasteiger partial charge in [-0.05, 0) is 88.3 Å². The largest absolute Gasteiger partial charge is 0.481 e.